The molecule has 1 aromatic carbocycles. The zero-order valence-electron chi connectivity index (χ0n) is 15.0. The maximum atomic E-state index is 13.9. The van der Waals surface area contributed by atoms with E-state index >= 15 is 0 Å². The average molecular weight is 363 g/mol. The van der Waals surface area contributed by atoms with Gasteiger partial charge >= 0.3 is 6.03 Å². The minimum absolute atomic E-state index is 0.0956. The van der Waals surface area contributed by atoms with Crippen LogP contribution in [0, 0.1) is 11.6 Å². The lowest BCUT2D eigenvalue weighted by atomic mass is 10.1. The van der Waals surface area contributed by atoms with Gasteiger partial charge in [0.2, 0.25) is 0 Å². The Morgan fingerprint density at radius 2 is 2.08 bits per heavy atom. The van der Waals surface area contributed by atoms with Crippen LogP contribution in [-0.4, -0.2) is 22.1 Å². The highest BCUT2D eigenvalue weighted by Gasteiger charge is 2.33. The van der Waals surface area contributed by atoms with Crippen molar-refractivity contribution in [3.05, 3.63) is 52.4 Å². The number of hydrogen-bond acceptors (Lipinski definition) is 3. The Morgan fingerprint density at radius 3 is 2.69 bits per heavy atom. The van der Waals surface area contributed by atoms with E-state index < -0.39 is 11.6 Å². The number of benzene rings is 1. The maximum Gasteiger partial charge on any atom is 0.318 e. The Hall–Kier alpha value is -2.44. The molecular formula is C19H23F2N3O2. The van der Waals surface area contributed by atoms with Gasteiger partial charge in [-0.25, -0.2) is 13.6 Å². The van der Waals surface area contributed by atoms with Crippen LogP contribution >= 0.6 is 0 Å². The van der Waals surface area contributed by atoms with Crippen LogP contribution in [0.1, 0.15) is 49.3 Å². The third kappa shape index (κ3) is 4.03. The summed E-state index contributed by atoms with van der Waals surface area (Å²) < 4.78 is 32.3. The van der Waals surface area contributed by atoms with Gasteiger partial charge in [-0.05, 0) is 25.3 Å². The molecule has 7 heteroatoms. The van der Waals surface area contributed by atoms with Crippen LogP contribution in [-0.2, 0) is 25.9 Å². The van der Waals surface area contributed by atoms with Crippen LogP contribution in [0.25, 0.3) is 0 Å². The molecule has 2 amide bonds. The first-order valence-electron chi connectivity index (χ1n) is 8.98. The molecular weight excluding hydrogens is 340 g/mol. The molecule has 0 atom stereocenters. The first-order chi connectivity index (χ1) is 12.5. The lowest BCUT2D eigenvalue weighted by Crippen LogP contribution is -2.41. The molecule has 0 spiro atoms. The van der Waals surface area contributed by atoms with E-state index in [9.17, 15) is 13.6 Å². The summed E-state index contributed by atoms with van der Waals surface area (Å²) in [6.45, 7) is 4.40. The monoisotopic (exact) mass is 363 g/mol. The summed E-state index contributed by atoms with van der Waals surface area (Å²) in [6, 6.07) is 3.27. The van der Waals surface area contributed by atoms with Gasteiger partial charge in [0, 0.05) is 36.2 Å². The fourth-order valence-electron chi connectivity index (χ4n) is 2.99. The number of carbonyl (C=O) groups is 1. The molecule has 5 nitrogen and oxygen atoms in total. The van der Waals surface area contributed by atoms with E-state index in [0.29, 0.717) is 18.5 Å². The van der Waals surface area contributed by atoms with E-state index in [-0.39, 0.29) is 18.6 Å². The minimum atomic E-state index is -0.635. The summed E-state index contributed by atoms with van der Waals surface area (Å²) in [6.07, 6.45) is 3.21. The molecule has 140 valence electrons. The Morgan fingerprint density at radius 1 is 1.31 bits per heavy atom. The summed E-state index contributed by atoms with van der Waals surface area (Å²) in [5, 5.41) is 6.94. The molecule has 1 fully saturated rings. The number of amides is 2. The van der Waals surface area contributed by atoms with E-state index in [1.165, 1.54) is 12.1 Å². The van der Waals surface area contributed by atoms with Gasteiger partial charge in [-0.3, -0.25) is 0 Å². The van der Waals surface area contributed by atoms with E-state index in [2.05, 4.69) is 10.5 Å². The van der Waals surface area contributed by atoms with Crippen LogP contribution in [0.5, 0.6) is 0 Å². The number of nitrogens with one attached hydrogen (secondary N) is 1. The standard InChI is InChI=1S/C19H23F2N3O2/c1-3-17-15(18(4-2)26-23-17)10-22-19(25)24(14-7-8-14)11-12-5-6-13(20)9-16(12)21/h5-6,9,14H,3-4,7-8,10-11H2,1-2H3,(H,22,25). The van der Waals surface area contributed by atoms with Gasteiger partial charge in [0.15, 0.2) is 0 Å². The molecule has 2 aromatic rings. The van der Waals surface area contributed by atoms with E-state index in [1.807, 2.05) is 13.8 Å². The highest BCUT2D eigenvalue weighted by Crippen LogP contribution is 2.29. The third-order valence-corrected chi connectivity index (χ3v) is 4.63. The van der Waals surface area contributed by atoms with Crippen LogP contribution in [0.2, 0.25) is 0 Å². The lowest BCUT2D eigenvalue weighted by Gasteiger charge is -2.23. The van der Waals surface area contributed by atoms with Gasteiger partial charge in [-0.1, -0.05) is 25.1 Å². The van der Waals surface area contributed by atoms with Crippen LogP contribution < -0.4 is 5.32 Å². The first-order valence-corrected chi connectivity index (χ1v) is 8.98. The number of rotatable bonds is 7. The number of urea groups is 1. The number of nitrogens with zero attached hydrogens (tertiary/aromatic N) is 2. The van der Waals surface area contributed by atoms with Crippen molar-refractivity contribution in [2.24, 2.45) is 0 Å². The van der Waals surface area contributed by atoms with Gasteiger partial charge in [0.05, 0.1) is 12.2 Å². The molecule has 0 aliphatic heterocycles. The molecule has 26 heavy (non-hydrogen) atoms. The molecule has 3 rings (SSSR count). The first kappa shape index (κ1) is 18.4. The van der Waals surface area contributed by atoms with Gasteiger partial charge in [-0.2, -0.15) is 0 Å². The van der Waals surface area contributed by atoms with E-state index in [0.717, 1.165) is 42.3 Å². The summed E-state index contributed by atoms with van der Waals surface area (Å²) in [4.78, 5) is 14.3. The summed E-state index contributed by atoms with van der Waals surface area (Å²) in [5.41, 5.74) is 2.05. The minimum Gasteiger partial charge on any atom is -0.361 e. The second-order valence-corrected chi connectivity index (χ2v) is 6.49. The van der Waals surface area contributed by atoms with Crippen molar-refractivity contribution in [2.45, 2.75) is 58.7 Å². The Labute approximate surface area is 151 Å². The van der Waals surface area contributed by atoms with Crippen LogP contribution in [0.4, 0.5) is 13.6 Å². The molecule has 0 radical (unpaired) electrons. The Bertz CT molecular complexity index is 766. The number of hydrogen-bond donors (Lipinski definition) is 1. The second-order valence-electron chi connectivity index (χ2n) is 6.49. The topological polar surface area (TPSA) is 58.4 Å². The summed E-state index contributed by atoms with van der Waals surface area (Å²) in [5.74, 6) is -0.492. The average Bonchev–Trinajstić information content (AvgIpc) is 3.38. The SMILES string of the molecule is CCc1noc(CC)c1CNC(=O)N(Cc1ccc(F)cc1F)C1CC1. The molecule has 1 N–H and O–H groups in total. The van der Waals surface area contributed by atoms with Crippen molar-refractivity contribution in [1.82, 2.24) is 15.4 Å². The van der Waals surface area contributed by atoms with Crippen molar-refractivity contribution in [3.63, 3.8) is 0 Å². The second kappa shape index (κ2) is 7.85. The molecule has 1 aliphatic carbocycles. The van der Waals surface area contributed by atoms with Gasteiger partial charge in [0.1, 0.15) is 17.4 Å². The van der Waals surface area contributed by atoms with Gasteiger partial charge in [0.25, 0.3) is 0 Å². The molecule has 1 aliphatic rings. The molecule has 1 aromatic heterocycles. The largest absolute Gasteiger partial charge is 0.361 e. The summed E-state index contributed by atoms with van der Waals surface area (Å²) in [7, 11) is 0. The number of carbonyl (C=O) groups excluding carboxylic acids is 1. The predicted octanol–water partition coefficient (Wildman–Crippen LogP) is 3.95. The van der Waals surface area contributed by atoms with Crippen LogP contribution in [0.3, 0.4) is 0 Å². The van der Waals surface area contributed by atoms with Crippen molar-refractivity contribution in [3.8, 4) is 0 Å². The zero-order chi connectivity index (χ0) is 18.7. The van der Waals surface area contributed by atoms with Crippen LogP contribution in [0.15, 0.2) is 22.7 Å². The van der Waals surface area contributed by atoms with E-state index in [4.69, 9.17) is 4.52 Å². The summed E-state index contributed by atoms with van der Waals surface area (Å²) >= 11 is 0. The number of aromatic nitrogens is 1. The maximum absolute atomic E-state index is 13.9. The molecule has 0 bridgehead atoms. The number of aryl methyl sites for hydroxylation is 2. The lowest BCUT2D eigenvalue weighted by molar-refractivity contribution is 0.190. The fraction of sp³-hybridized carbons (Fsp3) is 0.474. The highest BCUT2D eigenvalue weighted by molar-refractivity contribution is 5.75. The van der Waals surface area contributed by atoms with Gasteiger partial charge < -0.3 is 14.7 Å². The smallest absolute Gasteiger partial charge is 0.318 e. The van der Waals surface area contributed by atoms with Gasteiger partial charge in [-0.15, -0.1) is 0 Å². The van der Waals surface area contributed by atoms with E-state index in [1.54, 1.807) is 4.90 Å². The normalized spacial score (nSPS) is 13.7. The molecule has 1 heterocycles. The molecule has 0 saturated heterocycles. The predicted molar refractivity (Wildman–Crippen MR) is 92.4 cm³/mol. The molecule has 1 saturated carbocycles. The highest BCUT2D eigenvalue weighted by atomic mass is 19.1. The quantitative estimate of drug-likeness (QED) is 0.810. The Kier molecular flexibility index (Phi) is 5.54. The fourth-order valence-corrected chi connectivity index (χ4v) is 2.99. The van der Waals surface area contributed by atoms with Crippen molar-refractivity contribution >= 4 is 6.03 Å². The zero-order valence-corrected chi connectivity index (χ0v) is 15.0. The Balaban J connectivity index is 1.69. The third-order valence-electron chi connectivity index (χ3n) is 4.63. The van der Waals surface area contributed by atoms with Crippen molar-refractivity contribution in [2.75, 3.05) is 0 Å². The molecule has 0 unspecified atom stereocenters. The van der Waals surface area contributed by atoms with Crippen molar-refractivity contribution in [1.29, 1.82) is 0 Å². The van der Waals surface area contributed by atoms with Crippen molar-refractivity contribution < 1.29 is 18.1 Å². The number of halogens is 2.